The Kier molecular flexibility index (Phi) is 5.68. The molecule has 1 atom stereocenters. The summed E-state index contributed by atoms with van der Waals surface area (Å²) in [4.78, 5) is 35.6. The van der Waals surface area contributed by atoms with Crippen molar-refractivity contribution in [3.8, 4) is 5.75 Å². The van der Waals surface area contributed by atoms with E-state index in [4.69, 9.17) is 16.3 Å². The Bertz CT molecular complexity index is 1170. The van der Waals surface area contributed by atoms with E-state index in [1.54, 1.807) is 61.2 Å². The quantitative estimate of drug-likeness (QED) is 0.372. The van der Waals surface area contributed by atoms with Gasteiger partial charge in [0.1, 0.15) is 11.5 Å². The van der Waals surface area contributed by atoms with Crippen LogP contribution in [0.4, 0.5) is 0 Å². The molecule has 2 aromatic heterocycles. The number of hydrogen-bond donors (Lipinski definition) is 1. The van der Waals surface area contributed by atoms with Gasteiger partial charge in [0.05, 0.1) is 24.3 Å². The third kappa shape index (κ3) is 3.87. The van der Waals surface area contributed by atoms with Gasteiger partial charge in [-0.1, -0.05) is 17.7 Å². The number of amides is 1. The molecule has 1 aliphatic rings. The number of Topliss-reactive ketones (excluding diaryl/α,β-unsaturated/α-hetero) is 1. The van der Waals surface area contributed by atoms with Gasteiger partial charge in [0.2, 0.25) is 0 Å². The van der Waals surface area contributed by atoms with Crippen LogP contribution < -0.4 is 4.74 Å². The van der Waals surface area contributed by atoms with Gasteiger partial charge in [-0.25, -0.2) is 0 Å². The van der Waals surface area contributed by atoms with Gasteiger partial charge < -0.3 is 14.7 Å². The molecule has 0 saturated carbocycles. The van der Waals surface area contributed by atoms with Crippen LogP contribution in [0, 0.1) is 0 Å². The number of halogens is 1. The number of methoxy groups -OCH3 is 1. The topological polar surface area (TPSA) is 92.6 Å². The van der Waals surface area contributed by atoms with Crippen molar-refractivity contribution in [2.75, 3.05) is 7.11 Å². The summed E-state index contributed by atoms with van der Waals surface area (Å²) >= 11 is 6.11. The summed E-state index contributed by atoms with van der Waals surface area (Å²) in [6.07, 6.45) is 6.39. The molecule has 0 spiro atoms. The number of benzene rings is 1. The molecule has 156 valence electrons. The number of hydrogen-bond acceptors (Lipinski definition) is 6. The molecule has 7 nitrogen and oxygen atoms in total. The number of nitrogens with zero attached hydrogens (tertiary/aromatic N) is 3. The summed E-state index contributed by atoms with van der Waals surface area (Å²) in [5, 5.41) is 11.5. The summed E-state index contributed by atoms with van der Waals surface area (Å²) in [7, 11) is 1.45. The highest BCUT2D eigenvalue weighted by Crippen LogP contribution is 2.41. The molecule has 4 rings (SSSR count). The van der Waals surface area contributed by atoms with Gasteiger partial charge in [0, 0.05) is 36.4 Å². The Hall–Kier alpha value is -3.71. The van der Waals surface area contributed by atoms with Gasteiger partial charge in [0.15, 0.2) is 0 Å². The highest BCUT2D eigenvalue weighted by atomic mass is 35.5. The lowest BCUT2D eigenvalue weighted by Gasteiger charge is -2.25. The molecule has 0 aliphatic carbocycles. The first kappa shape index (κ1) is 20.6. The monoisotopic (exact) mass is 435 g/mol. The fourth-order valence-corrected chi connectivity index (χ4v) is 3.79. The molecule has 1 unspecified atom stereocenters. The van der Waals surface area contributed by atoms with Gasteiger partial charge in [-0.3, -0.25) is 19.6 Å². The van der Waals surface area contributed by atoms with Crippen molar-refractivity contribution in [2.45, 2.75) is 12.6 Å². The lowest BCUT2D eigenvalue weighted by Crippen LogP contribution is -2.29. The second-order valence-corrected chi connectivity index (χ2v) is 7.35. The zero-order valence-corrected chi connectivity index (χ0v) is 17.3. The molecule has 1 amide bonds. The van der Waals surface area contributed by atoms with Crippen molar-refractivity contribution >= 4 is 29.1 Å². The van der Waals surface area contributed by atoms with E-state index in [2.05, 4.69) is 9.97 Å². The number of pyridine rings is 2. The van der Waals surface area contributed by atoms with Crippen LogP contribution in [0.25, 0.3) is 5.76 Å². The van der Waals surface area contributed by atoms with Crippen molar-refractivity contribution in [1.82, 2.24) is 14.9 Å². The van der Waals surface area contributed by atoms with Crippen LogP contribution in [0.5, 0.6) is 5.75 Å². The van der Waals surface area contributed by atoms with Crippen LogP contribution in [0.3, 0.4) is 0 Å². The molecular formula is C23H18ClN3O4. The second-order valence-electron chi connectivity index (χ2n) is 6.91. The Morgan fingerprint density at radius 1 is 1.13 bits per heavy atom. The SMILES string of the molecule is COc1ccc(Cl)cc1/C(O)=C1\C(=O)C(=O)N(Cc2ccncc2)C1c1cccnc1. The molecule has 1 aromatic carbocycles. The Balaban J connectivity index is 1.90. The molecule has 1 aliphatic heterocycles. The number of aromatic nitrogens is 2. The third-order valence-electron chi connectivity index (χ3n) is 5.06. The van der Waals surface area contributed by atoms with Crippen molar-refractivity contribution in [1.29, 1.82) is 0 Å². The normalized spacial score (nSPS) is 17.7. The van der Waals surface area contributed by atoms with Crippen molar-refractivity contribution in [2.24, 2.45) is 0 Å². The molecule has 1 fully saturated rings. The molecular weight excluding hydrogens is 418 g/mol. The van der Waals surface area contributed by atoms with Crippen LogP contribution >= 0.6 is 11.6 Å². The lowest BCUT2D eigenvalue weighted by atomic mass is 9.96. The van der Waals surface area contributed by atoms with Gasteiger partial charge in [-0.05, 0) is 47.5 Å². The minimum absolute atomic E-state index is 0.0485. The standard InChI is InChI=1S/C23H18ClN3O4/c1-31-18-5-4-16(24)11-17(18)21(28)19-20(15-3-2-8-26-12-15)27(23(30)22(19)29)13-14-6-9-25-10-7-14/h2-12,20,28H,13H2,1H3/b21-19+. The van der Waals surface area contributed by atoms with E-state index in [9.17, 15) is 14.7 Å². The van der Waals surface area contributed by atoms with Gasteiger partial charge >= 0.3 is 0 Å². The van der Waals surface area contributed by atoms with Crippen LogP contribution in [0.15, 0.2) is 72.8 Å². The minimum Gasteiger partial charge on any atom is -0.507 e. The van der Waals surface area contributed by atoms with Gasteiger partial charge in [0.25, 0.3) is 11.7 Å². The maximum Gasteiger partial charge on any atom is 0.295 e. The first-order valence-corrected chi connectivity index (χ1v) is 9.80. The molecule has 3 aromatic rings. The van der Waals surface area contributed by atoms with Crippen LogP contribution in [-0.4, -0.2) is 38.8 Å². The smallest absolute Gasteiger partial charge is 0.295 e. The predicted octanol–water partition coefficient (Wildman–Crippen LogP) is 3.76. The van der Waals surface area contributed by atoms with Crippen LogP contribution in [-0.2, 0) is 16.1 Å². The summed E-state index contributed by atoms with van der Waals surface area (Å²) in [5.74, 6) is -1.54. The average molecular weight is 436 g/mol. The van der Waals surface area contributed by atoms with Crippen LogP contribution in [0.1, 0.15) is 22.7 Å². The predicted molar refractivity (Wildman–Crippen MR) is 114 cm³/mol. The first-order valence-electron chi connectivity index (χ1n) is 9.42. The number of carbonyl (C=O) groups excluding carboxylic acids is 2. The fraction of sp³-hybridized carbons (Fsp3) is 0.130. The number of aliphatic hydroxyl groups excluding tert-OH is 1. The number of rotatable bonds is 5. The third-order valence-corrected chi connectivity index (χ3v) is 5.29. The van der Waals surface area contributed by atoms with E-state index in [-0.39, 0.29) is 23.4 Å². The number of carbonyl (C=O) groups is 2. The number of ketones is 1. The van der Waals surface area contributed by atoms with E-state index in [1.165, 1.54) is 18.1 Å². The van der Waals surface area contributed by atoms with Crippen molar-refractivity contribution in [3.63, 3.8) is 0 Å². The Morgan fingerprint density at radius 3 is 2.58 bits per heavy atom. The minimum atomic E-state index is -0.828. The molecule has 1 N–H and O–H groups in total. The summed E-state index contributed by atoms with van der Waals surface area (Å²) in [5.41, 5.74) is 1.57. The van der Waals surface area contributed by atoms with E-state index < -0.39 is 17.7 Å². The van der Waals surface area contributed by atoms with E-state index in [0.717, 1.165) is 5.56 Å². The molecule has 1 saturated heterocycles. The molecule has 31 heavy (non-hydrogen) atoms. The molecule has 0 radical (unpaired) electrons. The highest BCUT2D eigenvalue weighted by Gasteiger charge is 2.46. The van der Waals surface area contributed by atoms with Crippen LogP contribution in [0.2, 0.25) is 5.02 Å². The zero-order chi connectivity index (χ0) is 22.0. The molecule has 8 heteroatoms. The fourth-order valence-electron chi connectivity index (χ4n) is 3.62. The molecule has 3 heterocycles. The largest absolute Gasteiger partial charge is 0.507 e. The molecule has 0 bridgehead atoms. The average Bonchev–Trinajstić information content (AvgIpc) is 3.04. The summed E-state index contributed by atoms with van der Waals surface area (Å²) in [6.45, 7) is 0.163. The number of aliphatic hydroxyl groups is 1. The number of ether oxygens (including phenoxy) is 1. The maximum absolute atomic E-state index is 13.1. The van der Waals surface area contributed by atoms with E-state index in [1.807, 2.05) is 0 Å². The Morgan fingerprint density at radius 2 is 1.90 bits per heavy atom. The second kappa shape index (κ2) is 8.57. The maximum atomic E-state index is 13.1. The van der Waals surface area contributed by atoms with Crippen molar-refractivity contribution < 1.29 is 19.4 Å². The van der Waals surface area contributed by atoms with Gasteiger partial charge in [-0.2, -0.15) is 0 Å². The van der Waals surface area contributed by atoms with E-state index in [0.29, 0.717) is 16.3 Å². The summed E-state index contributed by atoms with van der Waals surface area (Å²) in [6, 6.07) is 10.9. The Labute approximate surface area is 183 Å². The first-order chi connectivity index (χ1) is 15.0. The van der Waals surface area contributed by atoms with Gasteiger partial charge in [-0.15, -0.1) is 0 Å². The van der Waals surface area contributed by atoms with Crippen molar-refractivity contribution in [3.05, 3.63) is 94.5 Å². The summed E-state index contributed by atoms with van der Waals surface area (Å²) < 4.78 is 5.32. The zero-order valence-electron chi connectivity index (χ0n) is 16.5. The lowest BCUT2D eigenvalue weighted by molar-refractivity contribution is -0.140. The highest BCUT2D eigenvalue weighted by molar-refractivity contribution is 6.46. The number of likely N-dealkylation sites (tertiary alicyclic amines) is 1. The van der Waals surface area contributed by atoms with E-state index >= 15 is 0 Å².